The van der Waals surface area contributed by atoms with Crippen LogP contribution in [-0.2, 0) is 23.2 Å². The lowest BCUT2D eigenvalue weighted by molar-refractivity contribution is 0.0950. The van der Waals surface area contributed by atoms with Crippen molar-refractivity contribution in [3.8, 4) is 5.75 Å². The van der Waals surface area contributed by atoms with Gasteiger partial charge >= 0.3 is 0 Å². The van der Waals surface area contributed by atoms with E-state index in [-0.39, 0.29) is 22.9 Å². The second-order valence-electron chi connectivity index (χ2n) is 6.57. The average Bonchev–Trinajstić information content (AvgIpc) is 2.71. The van der Waals surface area contributed by atoms with Gasteiger partial charge in [-0.3, -0.25) is 4.79 Å². The number of nitrogens with one attached hydrogen (secondary N) is 1. The molecule has 0 atom stereocenters. The van der Waals surface area contributed by atoms with E-state index in [2.05, 4.69) is 5.32 Å². The van der Waals surface area contributed by atoms with Crippen LogP contribution in [0.1, 0.15) is 27.0 Å². The van der Waals surface area contributed by atoms with Crippen molar-refractivity contribution >= 4 is 15.9 Å². The molecule has 6 nitrogen and oxygen atoms in total. The summed E-state index contributed by atoms with van der Waals surface area (Å²) in [4.78, 5) is 12.5. The number of primary sulfonamides is 1. The molecule has 0 saturated heterocycles. The molecule has 0 bridgehead atoms. The minimum atomic E-state index is -3.88. The largest absolute Gasteiger partial charge is 0.489 e. The first kappa shape index (κ1) is 20.6. The van der Waals surface area contributed by atoms with Gasteiger partial charge in [-0.25, -0.2) is 13.6 Å². The van der Waals surface area contributed by atoms with Crippen LogP contribution < -0.4 is 15.2 Å². The summed E-state index contributed by atoms with van der Waals surface area (Å²) in [5.41, 5.74) is 2.80. The van der Waals surface area contributed by atoms with Crippen LogP contribution in [0.3, 0.4) is 0 Å². The summed E-state index contributed by atoms with van der Waals surface area (Å²) in [6, 6.07) is 21.4. The molecule has 150 valence electrons. The second kappa shape index (κ2) is 8.89. The third-order valence-electron chi connectivity index (χ3n) is 4.48. The standard InChI is InChI=1S/C22H22N2O4S/c1-16-11-12-20(29(23,26)27)13-21(16)22(25)24-14-17-7-5-6-8-18(17)15-28-19-9-3-2-4-10-19/h2-13H,14-15H2,1H3,(H,24,25)(H2,23,26,27). The molecule has 0 aromatic heterocycles. The highest BCUT2D eigenvalue weighted by atomic mass is 32.2. The number of aryl methyl sites for hydroxylation is 1. The summed E-state index contributed by atoms with van der Waals surface area (Å²) in [5, 5.41) is 8.01. The molecule has 3 rings (SSSR count). The number of para-hydroxylation sites is 1. The summed E-state index contributed by atoms with van der Waals surface area (Å²) in [6.07, 6.45) is 0. The average molecular weight is 410 g/mol. The molecular weight excluding hydrogens is 388 g/mol. The van der Waals surface area contributed by atoms with Crippen molar-refractivity contribution in [2.75, 3.05) is 0 Å². The molecule has 0 aliphatic heterocycles. The number of nitrogens with two attached hydrogens (primary N) is 1. The summed E-state index contributed by atoms with van der Waals surface area (Å²) < 4.78 is 28.9. The van der Waals surface area contributed by atoms with Crippen LogP contribution >= 0.6 is 0 Å². The highest BCUT2D eigenvalue weighted by Gasteiger charge is 2.15. The normalized spacial score (nSPS) is 11.1. The first-order chi connectivity index (χ1) is 13.8. The first-order valence-corrected chi connectivity index (χ1v) is 10.6. The molecule has 7 heteroatoms. The van der Waals surface area contributed by atoms with Crippen molar-refractivity contribution in [2.45, 2.75) is 25.0 Å². The zero-order valence-electron chi connectivity index (χ0n) is 16.0. The minimum Gasteiger partial charge on any atom is -0.489 e. The van der Waals surface area contributed by atoms with Crippen LogP contribution in [0.4, 0.5) is 0 Å². The Morgan fingerprint density at radius 1 is 0.966 bits per heavy atom. The van der Waals surface area contributed by atoms with Gasteiger partial charge in [0.15, 0.2) is 0 Å². The number of rotatable bonds is 7. The quantitative estimate of drug-likeness (QED) is 0.625. The lowest BCUT2D eigenvalue weighted by Gasteiger charge is -2.13. The Morgan fingerprint density at radius 3 is 2.31 bits per heavy atom. The van der Waals surface area contributed by atoms with E-state index in [0.29, 0.717) is 12.2 Å². The Hall–Kier alpha value is -3.16. The van der Waals surface area contributed by atoms with Gasteiger partial charge in [0.05, 0.1) is 4.90 Å². The number of sulfonamides is 1. The van der Waals surface area contributed by atoms with Gasteiger partial charge in [-0.2, -0.15) is 0 Å². The summed E-state index contributed by atoms with van der Waals surface area (Å²) in [5.74, 6) is 0.397. The molecule has 0 unspecified atom stereocenters. The molecule has 0 aliphatic rings. The van der Waals surface area contributed by atoms with Crippen molar-refractivity contribution in [3.05, 3.63) is 95.1 Å². The Bertz CT molecular complexity index is 1110. The zero-order chi connectivity index (χ0) is 20.9. The predicted molar refractivity (Wildman–Crippen MR) is 111 cm³/mol. The molecule has 29 heavy (non-hydrogen) atoms. The molecule has 0 radical (unpaired) electrons. The van der Waals surface area contributed by atoms with E-state index in [9.17, 15) is 13.2 Å². The smallest absolute Gasteiger partial charge is 0.251 e. The number of benzene rings is 3. The Morgan fingerprint density at radius 2 is 1.62 bits per heavy atom. The highest BCUT2D eigenvalue weighted by molar-refractivity contribution is 7.89. The maximum atomic E-state index is 12.6. The van der Waals surface area contributed by atoms with Crippen LogP contribution in [0, 0.1) is 6.92 Å². The molecule has 3 aromatic rings. The number of amides is 1. The molecule has 0 spiro atoms. The minimum absolute atomic E-state index is 0.0927. The fourth-order valence-corrected chi connectivity index (χ4v) is 3.38. The topological polar surface area (TPSA) is 98.5 Å². The van der Waals surface area contributed by atoms with E-state index in [4.69, 9.17) is 9.88 Å². The Labute approximate surface area is 170 Å². The molecule has 0 aliphatic carbocycles. The van der Waals surface area contributed by atoms with Gasteiger partial charge in [0.2, 0.25) is 10.0 Å². The van der Waals surface area contributed by atoms with Crippen LogP contribution in [-0.4, -0.2) is 14.3 Å². The van der Waals surface area contributed by atoms with E-state index < -0.39 is 10.0 Å². The van der Waals surface area contributed by atoms with E-state index in [1.54, 1.807) is 13.0 Å². The summed E-state index contributed by atoms with van der Waals surface area (Å²) in [6.45, 7) is 2.39. The molecule has 3 aromatic carbocycles. The van der Waals surface area contributed by atoms with Crippen LogP contribution in [0.5, 0.6) is 5.75 Å². The fraction of sp³-hybridized carbons (Fsp3) is 0.136. The van der Waals surface area contributed by atoms with Crippen molar-refractivity contribution in [2.24, 2.45) is 5.14 Å². The van der Waals surface area contributed by atoms with Crippen molar-refractivity contribution < 1.29 is 17.9 Å². The lowest BCUT2D eigenvalue weighted by atomic mass is 10.1. The Balaban J connectivity index is 1.71. The molecule has 0 fully saturated rings. The van der Waals surface area contributed by atoms with E-state index in [1.165, 1.54) is 12.1 Å². The monoisotopic (exact) mass is 410 g/mol. The lowest BCUT2D eigenvalue weighted by Crippen LogP contribution is -2.25. The SMILES string of the molecule is Cc1ccc(S(N)(=O)=O)cc1C(=O)NCc1ccccc1COc1ccccc1. The number of hydrogen-bond acceptors (Lipinski definition) is 4. The van der Waals surface area contributed by atoms with Gasteiger partial charge in [-0.1, -0.05) is 48.5 Å². The van der Waals surface area contributed by atoms with Crippen molar-refractivity contribution in [1.29, 1.82) is 0 Å². The number of carbonyl (C=O) groups excluding carboxylic acids is 1. The second-order valence-corrected chi connectivity index (χ2v) is 8.14. The number of hydrogen-bond donors (Lipinski definition) is 2. The van der Waals surface area contributed by atoms with Gasteiger partial charge in [-0.15, -0.1) is 0 Å². The summed E-state index contributed by atoms with van der Waals surface area (Å²) >= 11 is 0. The number of carbonyl (C=O) groups is 1. The van der Waals surface area contributed by atoms with Gasteiger partial charge in [0.1, 0.15) is 12.4 Å². The van der Waals surface area contributed by atoms with E-state index >= 15 is 0 Å². The van der Waals surface area contributed by atoms with Crippen LogP contribution in [0.15, 0.2) is 77.7 Å². The third kappa shape index (κ3) is 5.43. The van der Waals surface area contributed by atoms with Gasteiger partial charge in [-0.05, 0) is 47.9 Å². The maximum absolute atomic E-state index is 12.6. The molecule has 1 amide bonds. The third-order valence-corrected chi connectivity index (χ3v) is 5.39. The van der Waals surface area contributed by atoms with Gasteiger partial charge < -0.3 is 10.1 Å². The first-order valence-electron chi connectivity index (χ1n) is 9.01. The molecular formula is C22H22N2O4S. The molecule has 3 N–H and O–H groups in total. The van der Waals surface area contributed by atoms with Gasteiger partial charge in [0, 0.05) is 12.1 Å². The van der Waals surface area contributed by atoms with Crippen LogP contribution in [0.2, 0.25) is 0 Å². The number of ether oxygens (including phenoxy) is 1. The fourth-order valence-electron chi connectivity index (χ4n) is 2.84. The van der Waals surface area contributed by atoms with E-state index in [1.807, 2.05) is 54.6 Å². The predicted octanol–water partition coefficient (Wildman–Crippen LogP) is 3.15. The molecule has 0 saturated carbocycles. The van der Waals surface area contributed by atoms with Crippen molar-refractivity contribution in [3.63, 3.8) is 0 Å². The van der Waals surface area contributed by atoms with Gasteiger partial charge in [0.25, 0.3) is 5.91 Å². The van der Waals surface area contributed by atoms with Crippen LogP contribution in [0.25, 0.3) is 0 Å². The van der Waals surface area contributed by atoms with E-state index in [0.717, 1.165) is 16.9 Å². The Kier molecular flexibility index (Phi) is 6.31. The molecule has 0 heterocycles. The highest BCUT2D eigenvalue weighted by Crippen LogP contribution is 2.17. The van der Waals surface area contributed by atoms with Crippen molar-refractivity contribution in [1.82, 2.24) is 5.32 Å². The zero-order valence-corrected chi connectivity index (χ0v) is 16.8. The summed E-state index contributed by atoms with van der Waals surface area (Å²) in [7, 11) is -3.88. The maximum Gasteiger partial charge on any atom is 0.251 e.